The third-order valence-electron chi connectivity index (χ3n) is 4.07. The highest BCUT2D eigenvalue weighted by atomic mass is 16.5. The molecule has 0 amide bonds. The smallest absolute Gasteiger partial charge is 0.0588 e. The number of rotatable bonds is 5. The monoisotopic (exact) mass is 225 g/mol. The molecule has 1 atom stereocenters. The van der Waals surface area contributed by atoms with E-state index in [-0.39, 0.29) is 0 Å². The number of ether oxygens (including phenoxy) is 1. The van der Waals surface area contributed by atoms with Gasteiger partial charge in [-0.05, 0) is 51.1 Å². The van der Waals surface area contributed by atoms with Gasteiger partial charge in [-0.2, -0.15) is 0 Å². The van der Waals surface area contributed by atoms with Crippen molar-refractivity contribution in [1.29, 1.82) is 0 Å². The van der Waals surface area contributed by atoms with E-state index in [0.29, 0.717) is 6.10 Å². The Kier molecular flexibility index (Phi) is 5.64. The van der Waals surface area contributed by atoms with Crippen LogP contribution in [0.15, 0.2) is 0 Å². The Balaban J connectivity index is 1.49. The van der Waals surface area contributed by atoms with Gasteiger partial charge in [-0.25, -0.2) is 0 Å². The number of hydrogen-bond donors (Lipinski definition) is 1. The number of hydrogen-bond acceptors (Lipinski definition) is 2. The van der Waals surface area contributed by atoms with Crippen molar-refractivity contribution in [1.82, 2.24) is 5.32 Å². The van der Waals surface area contributed by atoms with Gasteiger partial charge in [0.2, 0.25) is 0 Å². The van der Waals surface area contributed by atoms with Gasteiger partial charge in [0, 0.05) is 6.61 Å². The molecule has 1 unspecified atom stereocenters. The largest absolute Gasteiger partial charge is 0.378 e. The first kappa shape index (κ1) is 12.4. The Morgan fingerprint density at radius 2 is 1.75 bits per heavy atom. The molecule has 1 aliphatic carbocycles. The third-order valence-corrected chi connectivity index (χ3v) is 4.07. The van der Waals surface area contributed by atoms with Gasteiger partial charge in [-0.15, -0.1) is 0 Å². The molecule has 0 radical (unpaired) electrons. The molecule has 1 aliphatic heterocycles. The average Bonchev–Trinajstić information content (AvgIpc) is 2.68. The molecule has 2 nitrogen and oxygen atoms in total. The maximum Gasteiger partial charge on any atom is 0.0588 e. The normalized spacial score (nSPS) is 28.1. The lowest BCUT2D eigenvalue weighted by Gasteiger charge is -2.16. The Labute approximate surface area is 100 Å². The molecule has 2 heteroatoms. The van der Waals surface area contributed by atoms with Crippen molar-refractivity contribution in [2.24, 2.45) is 5.92 Å². The maximum atomic E-state index is 5.62. The Hall–Kier alpha value is -0.0800. The molecule has 0 aromatic carbocycles. The molecule has 0 spiro atoms. The highest BCUT2D eigenvalue weighted by Crippen LogP contribution is 2.22. The highest BCUT2D eigenvalue weighted by molar-refractivity contribution is 4.69. The second kappa shape index (κ2) is 7.29. The molecule has 0 aromatic heterocycles. The Bertz CT molecular complexity index is 170. The lowest BCUT2D eigenvalue weighted by molar-refractivity contribution is 0.104. The highest BCUT2D eigenvalue weighted by Gasteiger charge is 2.15. The minimum atomic E-state index is 0.557. The lowest BCUT2D eigenvalue weighted by Crippen LogP contribution is -2.26. The quantitative estimate of drug-likeness (QED) is 0.573. The van der Waals surface area contributed by atoms with Crippen LogP contribution < -0.4 is 5.32 Å². The zero-order valence-electron chi connectivity index (χ0n) is 10.5. The van der Waals surface area contributed by atoms with Gasteiger partial charge >= 0.3 is 0 Å². The van der Waals surface area contributed by atoms with Crippen LogP contribution in [-0.2, 0) is 4.74 Å². The van der Waals surface area contributed by atoms with Crippen LogP contribution in [0.5, 0.6) is 0 Å². The Morgan fingerprint density at radius 1 is 0.938 bits per heavy atom. The minimum Gasteiger partial charge on any atom is -0.378 e. The summed E-state index contributed by atoms with van der Waals surface area (Å²) in [6.45, 7) is 3.39. The molecule has 2 rings (SSSR count). The lowest BCUT2D eigenvalue weighted by atomic mass is 10.0. The second-order valence-corrected chi connectivity index (χ2v) is 5.49. The van der Waals surface area contributed by atoms with E-state index in [0.717, 1.165) is 19.1 Å². The fourth-order valence-corrected chi connectivity index (χ4v) is 3.01. The van der Waals surface area contributed by atoms with Crippen LogP contribution in [0.3, 0.4) is 0 Å². The van der Waals surface area contributed by atoms with E-state index in [1.165, 1.54) is 64.3 Å². The van der Waals surface area contributed by atoms with E-state index in [1.807, 2.05) is 0 Å². The standard InChI is InChI=1S/C14H27NO/c1-2-4-7-13(6-3-1)12-15-10-9-14-8-5-11-16-14/h13-15H,1-12H2. The predicted octanol–water partition coefficient (Wildman–Crippen LogP) is 3.12. The molecule has 0 bridgehead atoms. The average molecular weight is 225 g/mol. The van der Waals surface area contributed by atoms with E-state index >= 15 is 0 Å². The van der Waals surface area contributed by atoms with Crippen molar-refractivity contribution in [3.63, 3.8) is 0 Å². The van der Waals surface area contributed by atoms with Gasteiger partial charge in [0.15, 0.2) is 0 Å². The fourth-order valence-electron chi connectivity index (χ4n) is 3.01. The van der Waals surface area contributed by atoms with Crippen LogP contribution in [0.2, 0.25) is 0 Å². The predicted molar refractivity (Wildman–Crippen MR) is 67.7 cm³/mol. The summed E-state index contributed by atoms with van der Waals surface area (Å²) in [7, 11) is 0. The first-order chi connectivity index (χ1) is 7.95. The van der Waals surface area contributed by atoms with Crippen LogP contribution in [0.1, 0.15) is 57.8 Å². The molecular formula is C14H27NO. The van der Waals surface area contributed by atoms with E-state index in [4.69, 9.17) is 4.74 Å². The topological polar surface area (TPSA) is 21.3 Å². The van der Waals surface area contributed by atoms with Gasteiger partial charge in [-0.3, -0.25) is 0 Å². The van der Waals surface area contributed by atoms with Crippen molar-refractivity contribution in [2.75, 3.05) is 19.7 Å². The zero-order valence-corrected chi connectivity index (χ0v) is 10.5. The van der Waals surface area contributed by atoms with E-state index in [9.17, 15) is 0 Å². The van der Waals surface area contributed by atoms with Crippen LogP contribution in [0, 0.1) is 5.92 Å². The van der Waals surface area contributed by atoms with Gasteiger partial charge in [-0.1, -0.05) is 25.7 Å². The molecule has 94 valence electrons. The Morgan fingerprint density at radius 3 is 2.44 bits per heavy atom. The van der Waals surface area contributed by atoms with Crippen molar-refractivity contribution < 1.29 is 4.74 Å². The van der Waals surface area contributed by atoms with E-state index in [1.54, 1.807) is 0 Å². The zero-order chi connectivity index (χ0) is 11.1. The molecule has 0 aromatic rings. The molecular weight excluding hydrogens is 198 g/mol. The van der Waals surface area contributed by atoms with Crippen LogP contribution in [0.4, 0.5) is 0 Å². The molecule has 2 fully saturated rings. The summed E-state index contributed by atoms with van der Waals surface area (Å²) >= 11 is 0. The van der Waals surface area contributed by atoms with Crippen LogP contribution >= 0.6 is 0 Å². The maximum absolute atomic E-state index is 5.62. The summed E-state index contributed by atoms with van der Waals surface area (Å²) in [6.07, 6.45) is 13.1. The number of nitrogens with one attached hydrogen (secondary N) is 1. The molecule has 1 N–H and O–H groups in total. The summed E-state index contributed by atoms with van der Waals surface area (Å²) in [4.78, 5) is 0. The van der Waals surface area contributed by atoms with Crippen molar-refractivity contribution in [3.8, 4) is 0 Å². The summed E-state index contributed by atoms with van der Waals surface area (Å²) in [5, 5.41) is 3.63. The summed E-state index contributed by atoms with van der Waals surface area (Å²) < 4.78 is 5.62. The van der Waals surface area contributed by atoms with E-state index < -0.39 is 0 Å². The SMILES string of the molecule is C1CCCC(CNCCC2CCCO2)CC1. The fraction of sp³-hybridized carbons (Fsp3) is 1.00. The third kappa shape index (κ3) is 4.42. The molecule has 1 saturated carbocycles. The molecule has 1 saturated heterocycles. The van der Waals surface area contributed by atoms with Crippen molar-refractivity contribution in [2.45, 2.75) is 63.9 Å². The molecule has 2 aliphatic rings. The molecule has 1 heterocycles. The molecule has 16 heavy (non-hydrogen) atoms. The van der Waals surface area contributed by atoms with Gasteiger partial charge in [0.05, 0.1) is 6.10 Å². The summed E-state index contributed by atoms with van der Waals surface area (Å²) in [5.74, 6) is 0.951. The summed E-state index contributed by atoms with van der Waals surface area (Å²) in [6, 6.07) is 0. The van der Waals surface area contributed by atoms with Crippen molar-refractivity contribution >= 4 is 0 Å². The second-order valence-electron chi connectivity index (χ2n) is 5.49. The van der Waals surface area contributed by atoms with Crippen LogP contribution in [0.25, 0.3) is 0 Å². The van der Waals surface area contributed by atoms with Gasteiger partial charge in [0.25, 0.3) is 0 Å². The first-order valence-electron chi connectivity index (χ1n) is 7.27. The first-order valence-corrected chi connectivity index (χ1v) is 7.27. The summed E-state index contributed by atoms with van der Waals surface area (Å²) in [5.41, 5.74) is 0. The minimum absolute atomic E-state index is 0.557. The van der Waals surface area contributed by atoms with Gasteiger partial charge < -0.3 is 10.1 Å². The van der Waals surface area contributed by atoms with Gasteiger partial charge in [0.1, 0.15) is 0 Å². The van der Waals surface area contributed by atoms with Crippen molar-refractivity contribution in [3.05, 3.63) is 0 Å². The van der Waals surface area contributed by atoms with Crippen LogP contribution in [-0.4, -0.2) is 25.8 Å². The van der Waals surface area contributed by atoms with E-state index in [2.05, 4.69) is 5.32 Å².